The molecule has 0 atom stereocenters. The van der Waals surface area contributed by atoms with Crippen molar-refractivity contribution in [2.24, 2.45) is 16.7 Å². The SMILES string of the molecule is CC(C)(C)C(=O)/C=C(\O)C(C)(C)C.CC(C)Cc1ccc2nc(-c3[c-]ccc4c3C(C)(C)c3c-4sc4ccccc34)ccc2c1.[Ir]. The molecule has 3 aromatic carbocycles. The van der Waals surface area contributed by atoms with Crippen LogP contribution in [0.5, 0.6) is 0 Å². The summed E-state index contributed by atoms with van der Waals surface area (Å²) in [7, 11) is 0. The fourth-order valence-corrected chi connectivity index (χ4v) is 7.38. The third-order valence-electron chi connectivity index (χ3n) is 8.52. The van der Waals surface area contributed by atoms with Crippen molar-refractivity contribution < 1.29 is 30.0 Å². The molecule has 0 saturated heterocycles. The zero-order valence-electron chi connectivity index (χ0n) is 28.8. The van der Waals surface area contributed by atoms with Gasteiger partial charge in [-0.15, -0.1) is 40.7 Å². The molecule has 0 saturated carbocycles. The monoisotopic (exact) mass is 809 g/mol. The number of nitrogens with zero attached hydrogens (tertiary/aromatic N) is 1. The zero-order valence-corrected chi connectivity index (χ0v) is 32.0. The molecule has 2 heterocycles. The molecule has 0 amide bonds. The quantitative estimate of drug-likeness (QED) is 0.112. The standard InChI is InChI=1S/C30H26NS.C11H20O2.Ir/c1-18(2)16-19-12-14-24-20(17-19)13-15-25(31-24)21-9-7-10-23-27(21)30(3,4)28-22-8-5-6-11-26(22)32-29(23)28;1-10(2,3)8(12)7-9(13)11(4,5)6;/h5-8,10-15,17-18H,16H2,1-4H3;7,12H,1-6H3;/q-1;;/b;8-7-;. The van der Waals surface area contributed by atoms with Crippen LogP contribution >= 0.6 is 11.3 Å². The van der Waals surface area contributed by atoms with Crippen LogP contribution in [0, 0.1) is 22.8 Å². The largest absolute Gasteiger partial charge is 0.512 e. The number of rotatable bonds is 4. The van der Waals surface area contributed by atoms with Gasteiger partial charge in [-0.1, -0.05) is 111 Å². The molecular formula is C41H46IrNO2S-. The van der Waals surface area contributed by atoms with Crippen molar-refractivity contribution in [1.29, 1.82) is 0 Å². The molecule has 1 N–H and O–H groups in total. The van der Waals surface area contributed by atoms with Crippen LogP contribution in [-0.2, 0) is 36.7 Å². The van der Waals surface area contributed by atoms with Crippen LogP contribution in [0.4, 0.5) is 0 Å². The molecule has 0 bridgehead atoms. The molecule has 1 radical (unpaired) electrons. The maximum absolute atomic E-state index is 11.5. The summed E-state index contributed by atoms with van der Waals surface area (Å²) in [5.41, 5.74) is 7.88. The third kappa shape index (κ3) is 7.08. The molecule has 1 aliphatic carbocycles. The van der Waals surface area contributed by atoms with Crippen LogP contribution in [-0.4, -0.2) is 15.9 Å². The molecule has 3 nitrogen and oxygen atoms in total. The second-order valence-electron chi connectivity index (χ2n) is 15.3. The predicted molar refractivity (Wildman–Crippen MR) is 192 cm³/mol. The minimum Gasteiger partial charge on any atom is -0.512 e. The molecule has 46 heavy (non-hydrogen) atoms. The predicted octanol–water partition coefficient (Wildman–Crippen LogP) is 11.5. The molecule has 0 fully saturated rings. The number of allylic oxidation sites excluding steroid dienone is 2. The summed E-state index contributed by atoms with van der Waals surface area (Å²) in [6.07, 6.45) is 2.43. The first-order valence-corrected chi connectivity index (χ1v) is 16.7. The summed E-state index contributed by atoms with van der Waals surface area (Å²) >= 11 is 1.91. The van der Waals surface area contributed by atoms with Crippen molar-refractivity contribution in [3.8, 4) is 21.7 Å². The Kier molecular flexibility index (Phi) is 10.2. The van der Waals surface area contributed by atoms with E-state index in [-0.39, 0.29) is 42.5 Å². The van der Waals surface area contributed by atoms with Gasteiger partial charge in [-0.25, -0.2) is 0 Å². The minimum absolute atomic E-state index is 0. The Morgan fingerprint density at radius 3 is 2.30 bits per heavy atom. The van der Waals surface area contributed by atoms with Gasteiger partial charge in [0.2, 0.25) is 0 Å². The van der Waals surface area contributed by atoms with Gasteiger partial charge in [-0.3, -0.25) is 9.78 Å². The number of carbonyl (C=O) groups is 1. The van der Waals surface area contributed by atoms with Crippen LogP contribution in [0.15, 0.2) is 78.6 Å². The van der Waals surface area contributed by atoms with Gasteiger partial charge in [-0.2, -0.15) is 0 Å². The molecule has 1 aliphatic rings. The van der Waals surface area contributed by atoms with E-state index in [4.69, 9.17) is 4.98 Å². The van der Waals surface area contributed by atoms with Crippen molar-refractivity contribution >= 4 is 38.1 Å². The number of carbonyl (C=O) groups excluding carboxylic acids is 1. The molecule has 0 aliphatic heterocycles. The van der Waals surface area contributed by atoms with Crippen LogP contribution in [0.1, 0.15) is 85.9 Å². The van der Waals surface area contributed by atoms with Crippen molar-refractivity contribution in [2.75, 3.05) is 0 Å². The van der Waals surface area contributed by atoms with E-state index in [0.29, 0.717) is 5.92 Å². The molecule has 243 valence electrons. The summed E-state index contributed by atoms with van der Waals surface area (Å²) in [6, 6.07) is 27.8. The van der Waals surface area contributed by atoms with Crippen LogP contribution < -0.4 is 0 Å². The number of aromatic nitrogens is 1. The van der Waals surface area contributed by atoms with Gasteiger partial charge >= 0.3 is 0 Å². The maximum atomic E-state index is 11.5. The maximum Gasteiger partial charge on any atom is 0.164 e. The van der Waals surface area contributed by atoms with Gasteiger partial charge in [0.25, 0.3) is 0 Å². The van der Waals surface area contributed by atoms with E-state index in [1.54, 1.807) is 0 Å². The van der Waals surface area contributed by atoms with Gasteiger partial charge < -0.3 is 5.11 Å². The van der Waals surface area contributed by atoms with E-state index in [0.717, 1.165) is 23.2 Å². The Labute approximate surface area is 292 Å². The number of thiophene rings is 1. The normalized spacial score (nSPS) is 14.0. The Morgan fingerprint density at radius 2 is 1.65 bits per heavy atom. The van der Waals surface area contributed by atoms with E-state index in [1.807, 2.05) is 52.9 Å². The van der Waals surface area contributed by atoms with E-state index < -0.39 is 5.41 Å². The number of aliphatic hydroxyl groups excluding tert-OH is 1. The Hall–Kier alpha value is -3.11. The average Bonchev–Trinajstić information content (AvgIpc) is 3.45. The number of hydrogen-bond donors (Lipinski definition) is 1. The van der Waals surface area contributed by atoms with Gasteiger partial charge in [0.05, 0.1) is 5.52 Å². The van der Waals surface area contributed by atoms with Crippen LogP contribution in [0.2, 0.25) is 0 Å². The van der Waals surface area contributed by atoms with Gasteiger partial charge in [0.15, 0.2) is 5.78 Å². The first-order valence-electron chi connectivity index (χ1n) is 15.9. The third-order valence-corrected chi connectivity index (χ3v) is 9.72. The van der Waals surface area contributed by atoms with E-state index >= 15 is 0 Å². The first-order chi connectivity index (χ1) is 21.0. The molecule has 5 aromatic rings. The summed E-state index contributed by atoms with van der Waals surface area (Å²) in [5.74, 6) is 0.758. The number of ketones is 1. The summed E-state index contributed by atoms with van der Waals surface area (Å²) < 4.78 is 1.37. The van der Waals surface area contributed by atoms with Crippen LogP contribution in [0.25, 0.3) is 42.7 Å². The Morgan fingerprint density at radius 1 is 0.957 bits per heavy atom. The smallest absolute Gasteiger partial charge is 0.164 e. The number of hydrogen-bond acceptors (Lipinski definition) is 4. The van der Waals surface area contributed by atoms with Crippen molar-refractivity contribution in [3.63, 3.8) is 0 Å². The van der Waals surface area contributed by atoms with Gasteiger partial charge in [-0.05, 0) is 63.5 Å². The average molecular weight is 809 g/mol. The zero-order chi connectivity index (χ0) is 32.9. The topological polar surface area (TPSA) is 50.2 Å². The fourth-order valence-electron chi connectivity index (χ4n) is 5.99. The Bertz CT molecular complexity index is 1930. The molecule has 2 aromatic heterocycles. The van der Waals surface area contributed by atoms with Gasteiger partial charge in [0, 0.05) is 46.6 Å². The molecule has 0 unspecified atom stereocenters. The number of fused-ring (bicyclic) bond motifs is 6. The summed E-state index contributed by atoms with van der Waals surface area (Å²) in [4.78, 5) is 18.0. The first kappa shape index (κ1) is 35.7. The second-order valence-corrected chi connectivity index (χ2v) is 16.3. The van der Waals surface area contributed by atoms with Crippen molar-refractivity contribution in [3.05, 3.63) is 101 Å². The summed E-state index contributed by atoms with van der Waals surface area (Å²) in [5, 5.41) is 12.2. The van der Waals surface area contributed by atoms with E-state index in [9.17, 15) is 9.90 Å². The minimum atomic E-state index is -0.417. The van der Waals surface area contributed by atoms with Crippen molar-refractivity contribution in [1.82, 2.24) is 4.98 Å². The Balaban J connectivity index is 0.000000295. The number of benzene rings is 3. The van der Waals surface area contributed by atoms with E-state index in [2.05, 4.69) is 100 Å². The number of aliphatic hydroxyl groups is 1. The fraction of sp³-hybridized carbons (Fsp3) is 0.366. The van der Waals surface area contributed by atoms with E-state index in [1.165, 1.54) is 48.7 Å². The molecule has 5 heteroatoms. The molecule has 6 rings (SSSR count). The second kappa shape index (κ2) is 13.2. The van der Waals surface area contributed by atoms with Crippen molar-refractivity contribution in [2.45, 2.75) is 81.1 Å². The molecule has 0 spiro atoms. The van der Waals surface area contributed by atoms with Crippen LogP contribution in [0.3, 0.4) is 0 Å². The van der Waals surface area contributed by atoms with Gasteiger partial charge in [0.1, 0.15) is 5.76 Å². The number of pyridine rings is 1. The summed E-state index contributed by atoms with van der Waals surface area (Å²) in [6.45, 7) is 20.4. The molecular weight excluding hydrogens is 763 g/mol.